The largest absolute Gasteiger partial charge is 2.00 e. The molecule has 0 saturated carbocycles. The summed E-state index contributed by atoms with van der Waals surface area (Å²) in [6.07, 6.45) is 0. The van der Waals surface area contributed by atoms with E-state index in [4.69, 9.17) is 0 Å². The van der Waals surface area contributed by atoms with Gasteiger partial charge in [-0.2, -0.15) is 0 Å². The minimum Gasteiger partial charge on any atom is -0.870 e. The molecule has 0 saturated heterocycles. The van der Waals surface area contributed by atoms with E-state index in [0.717, 1.165) is 0 Å². The Balaban J connectivity index is 0. The molecule has 0 bridgehead atoms. The second-order valence-electron chi connectivity index (χ2n) is 0. The van der Waals surface area contributed by atoms with Crippen LogP contribution in [0.15, 0.2) is 0 Å². The van der Waals surface area contributed by atoms with Crippen molar-refractivity contribution in [2.75, 3.05) is 0 Å². The van der Waals surface area contributed by atoms with Crippen LogP contribution in [-0.4, -0.2) is 43.7 Å². The SMILES string of the molecule is O.[OH-].[OH-].[Pb+2].[Zr]. The van der Waals surface area contributed by atoms with Gasteiger partial charge in [-0.25, -0.2) is 0 Å². The molecular weight excluding hydrogens is 346 g/mol. The van der Waals surface area contributed by atoms with E-state index in [0.29, 0.717) is 0 Å². The number of hydrogen-bond acceptors (Lipinski definition) is 2. The minimum atomic E-state index is 0. The maximum Gasteiger partial charge on any atom is 2.00 e. The van der Waals surface area contributed by atoms with Crippen LogP contribution < -0.4 is 0 Å². The molecule has 0 aliphatic carbocycles. The summed E-state index contributed by atoms with van der Waals surface area (Å²) in [5.41, 5.74) is 0. The summed E-state index contributed by atoms with van der Waals surface area (Å²) < 4.78 is 0. The predicted octanol–water partition coefficient (Wildman–Crippen LogP) is -1.56. The molecule has 0 aliphatic rings. The number of rotatable bonds is 0. The van der Waals surface area contributed by atoms with E-state index < -0.39 is 0 Å². The molecule has 0 heterocycles. The Morgan fingerprint density at radius 3 is 0.800 bits per heavy atom. The topological polar surface area (TPSA) is 91.5 Å². The summed E-state index contributed by atoms with van der Waals surface area (Å²) in [6.45, 7) is 0. The van der Waals surface area contributed by atoms with Gasteiger partial charge in [0.05, 0.1) is 0 Å². The van der Waals surface area contributed by atoms with E-state index in [1.807, 2.05) is 0 Å². The average Bonchev–Trinajstić information content (AvgIpc) is 0. The summed E-state index contributed by atoms with van der Waals surface area (Å²) in [4.78, 5) is 0. The van der Waals surface area contributed by atoms with Crippen molar-refractivity contribution < 1.29 is 42.6 Å². The van der Waals surface area contributed by atoms with Crippen molar-refractivity contribution in [1.82, 2.24) is 0 Å². The van der Waals surface area contributed by atoms with E-state index in [9.17, 15) is 0 Å². The van der Waals surface area contributed by atoms with E-state index in [-0.39, 0.29) is 69.9 Å². The second kappa shape index (κ2) is 43.9. The molecule has 0 amide bonds. The fraction of sp³-hybridized carbons (Fsp3) is 0. The first-order valence-electron chi connectivity index (χ1n) is 0. The molecule has 0 fully saturated rings. The Morgan fingerprint density at radius 2 is 0.800 bits per heavy atom. The van der Waals surface area contributed by atoms with Gasteiger partial charge in [0.25, 0.3) is 0 Å². The fourth-order valence-electron chi connectivity index (χ4n) is 0. The molecule has 0 aromatic rings. The third kappa shape index (κ3) is 27.2. The van der Waals surface area contributed by atoms with Gasteiger partial charge >= 0.3 is 27.3 Å². The van der Waals surface area contributed by atoms with Crippen molar-refractivity contribution in [1.29, 1.82) is 0 Å². The van der Waals surface area contributed by atoms with Crippen LogP contribution >= 0.6 is 0 Å². The summed E-state index contributed by atoms with van der Waals surface area (Å²) in [5, 5.41) is 0. The minimum absolute atomic E-state index is 0. The standard InChI is InChI=1S/3H2O.Pb.Zr/h3*1H2;;/q;;;+2;/p-2. The summed E-state index contributed by atoms with van der Waals surface area (Å²) in [6, 6.07) is 0. The van der Waals surface area contributed by atoms with Gasteiger partial charge in [-0.15, -0.1) is 0 Å². The molecule has 0 atom stereocenters. The Hall–Kier alpha value is 1.69. The van der Waals surface area contributed by atoms with Gasteiger partial charge in [0, 0.05) is 26.2 Å². The zero-order valence-electron chi connectivity index (χ0n) is 2.39. The van der Waals surface area contributed by atoms with Crippen molar-refractivity contribution in [2.24, 2.45) is 0 Å². The molecule has 0 spiro atoms. The van der Waals surface area contributed by atoms with Crippen LogP contribution in [0.25, 0.3) is 0 Å². The van der Waals surface area contributed by atoms with Crippen molar-refractivity contribution in [3.8, 4) is 0 Å². The van der Waals surface area contributed by atoms with Crippen molar-refractivity contribution in [3.63, 3.8) is 0 Å². The molecule has 0 aromatic carbocycles. The van der Waals surface area contributed by atoms with Crippen LogP contribution in [0.1, 0.15) is 0 Å². The van der Waals surface area contributed by atoms with Crippen molar-refractivity contribution in [3.05, 3.63) is 0 Å². The van der Waals surface area contributed by atoms with E-state index >= 15 is 0 Å². The average molecular weight is 350 g/mol. The van der Waals surface area contributed by atoms with Gasteiger partial charge in [-0.05, 0) is 0 Å². The summed E-state index contributed by atoms with van der Waals surface area (Å²) >= 11 is 0. The zero-order valence-corrected chi connectivity index (χ0v) is 8.74. The molecule has 0 unspecified atom stereocenters. The van der Waals surface area contributed by atoms with Crippen LogP contribution in [0.5, 0.6) is 0 Å². The Kier molecular flexibility index (Phi) is 669. The number of hydrogen-bond donors (Lipinski definition) is 0. The molecule has 5 heavy (non-hydrogen) atoms. The maximum absolute atomic E-state index is 0. The van der Waals surface area contributed by atoms with Gasteiger partial charge in [-0.3, -0.25) is 0 Å². The van der Waals surface area contributed by atoms with Crippen molar-refractivity contribution >= 4 is 27.3 Å². The van der Waals surface area contributed by atoms with Crippen molar-refractivity contribution in [2.45, 2.75) is 0 Å². The molecule has 30 valence electrons. The van der Waals surface area contributed by atoms with Crippen LogP contribution in [0, 0.1) is 0 Å². The van der Waals surface area contributed by atoms with Crippen LogP contribution in [0.2, 0.25) is 0 Å². The molecular formula is H4O3PbZr. The zero-order chi connectivity index (χ0) is 0. The predicted molar refractivity (Wildman–Crippen MR) is 13.2 cm³/mol. The smallest absolute Gasteiger partial charge is 0.870 e. The maximum atomic E-state index is 0. The van der Waals surface area contributed by atoms with Crippen LogP contribution in [-0.2, 0) is 26.2 Å². The molecule has 5 heteroatoms. The van der Waals surface area contributed by atoms with Crippen LogP contribution in [0.4, 0.5) is 0 Å². The fourth-order valence-corrected chi connectivity index (χ4v) is 0. The van der Waals surface area contributed by atoms with Crippen LogP contribution in [0.3, 0.4) is 0 Å². The Bertz CT molecular complexity index is 6.85. The van der Waals surface area contributed by atoms with Gasteiger partial charge in [-0.1, -0.05) is 0 Å². The van der Waals surface area contributed by atoms with E-state index in [1.165, 1.54) is 0 Å². The first-order chi connectivity index (χ1) is 0. The van der Waals surface area contributed by atoms with E-state index in [1.54, 1.807) is 0 Å². The first kappa shape index (κ1) is 76.1. The first-order valence-corrected chi connectivity index (χ1v) is 0. The Labute approximate surface area is 69.3 Å². The molecule has 0 rings (SSSR count). The monoisotopic (exact) mass is 350 g/mol. The van der Waals surface area contributed by atoms with Gasteiger partial charge in [0.1, 0.15) is 0 Å². The second-order valence-corrected chi connectivity index (χ2v) is 0. The third-order valence-electron chi connectivity index (χ3n) is 0. The third-order valence-corrected chi connectivity index (χ3v) is 0. The van der Waals surface area contributed by atoms with Gasteiger partial charge in [0.2, 0.25) is 0 Å². The Morgan fingerprint density at radius 1 is 0.800 bits per heavy atom. The summed E-state index contributed by atoms with van der Waals surface area (Å²) in [7, 11) is 0. The van der Waals surface area contributed by atoms with Gasteiger partial charge < -0.3 is 16.4 Å². The molecule has 2 radical (unpaired) electrons. The van der Waals surface area contributed by atoms with E-state index in [2.05, 4.69) is 0 Å². The molecule has 0 aromatic heterocycles. The summed E-state index contributed by atoms with van der Waals surface area (Å²) in [5.74, 6) is 0. The van der Waals surface area contributed by atoms with Gasteiger partial charge in [0.15, 0.2) is 0 Å². The molecule has 3 nitrogen and oxygen atoms in total. The molecule has 4 N–H and O–H groups in total. The quantitative estimate of drug-likeness (QED) is 0.494. The molecule has 0 aliphatic heterocycles. The normalized spacial score (nSPS) is 0.